The Labute approximate surface area is 163 Å². The van der Waals surface area contributed by atoms with Gasteiger partial charge >= 0.3 is 0 Å². The predicted octanol–water partition coefficient (Wildman–Crippen LogP) is 5.53. The van der Waals surface area contributed by atoms with E-state index in [2.05, 4.69) is 50.4 Å². The van der Waals surface area contributed by atoms with Gasteiger partial charge in [0.25, 0.3) is 0 Å². The second-order valence-corrected chi connectivity index (χ2v) is 8.28. The van der Waals surface area contributed by atoms with E-state index >= 15 is 0 Å². The molecule has 0 aromatic heterocycles. The topological polar surface area (TPSA) is 21.3 Å². The van der Waals surface area contributed by atoms with E-state index in [1.807, 2.05) is 12.1 Å². The van der Waals surface area contributed by atoms with E-state index in [0.29, 0.717) is 0 Å². The number of benzene rings is 2. The Morgan fingerprint density at radius 3 is 2.44 bits per heavy atom. The first-order chi connectivity index (χ1) is 12.9. The molecule has 2 nitrogen and oxygen atoms in total. The molecule has 0 spiro atoms. The number of hydrogen-bond donors (Lipinski definition) is 1. The van der Waals surface area contributed by atoms with Crippen LogP contribution in [-0.4, -0.2) is 18.8 Å². The van der Waals surface area contributed by atoms with Gasteiger partial charge in [-0.1, -0.05) is 48.9 Å². The van der Waals surface area contributed by atoms with E-state index in [0.717, 1.165) is 50.9 Å². The first kappa shape index (κ1) is 20.0. The van der Waals surface area contributed by atoms with Crippen molar-refractivity contribution in [1.82, 2.24) is 5.32 Å². The maximum Gasteiger partial charge on any atom is 0.123 e. The molecule has 1 heterocycles. The molecule has 2 aromatic carbocycles. The van der Waals surface area contributed by atoms with Crippen molar-refractivity contribution in [3.05, 3.63) is 71.0 Å². The van der Waals surface area contributed by atoms with E-state index in [1.165, 1.54) is 23.3 Å². The van der Waals surface area contributed by atoms with E-state index in [4.69, 9.17) is 4.74 Å². The summed E-state index contributed by atoms with van der Waals surface area (Å²) in [7, 11) is 0. The van der Waals surface area contributed by atoms with Crippen molar-refractivity contribution in [3.63, 3.8) is 0 Å². The average molecular weight is 370 g/mol. The van der Waals surface area contributed by atoms with Crippen molar-refractivity contribution in [2.75, 3.05) is 13.2 Å². The molecule has 146 valence electrons. The van der Waals surface area contributed by atoms with E-state index in [-0.39, 0.29) is 16.8 Å². The van der Waals surface area contributed by atoms with Gasteiger partial charge in [-0.05, 0) is 69.3 Å². The molecule has 0 saturated carbocycles. The summed E-state index contributed by atoms with van der Waals surface area (Å²) in [5.74, 6) is -0.182. The number of rotatable bonds is 7. The molecule has 2 atom stereocenters. The molecule has 1 aliphatic heterocycles. The average Bonchev–Trinajstić information content (AvgIpc) is 2.67. The first-order valence-corrected chi connectivity index (χ1v) is 10.1. The largest absolute Gasteiger partial charge is 0.375 e. The first-order valence-electron chi connectivity index (χ1n) is 10.1. The van der Waals surface area contributed by atoms with Crippen LogP contribution in [0.3, 0.4) is 0 Å². The number of hydrogen-bond acceptors (Lipinski definition) is 2. The number of nitrogens with one attached hydrogen (secondary N) is 1. The number of ether oxygens (including phenoxy) is 1. The van der Waals surface area contributed by atoms with Gasteiger partial charge < -0.3 is 10.1 Å². The predicted molar refractivity (Wildman–Crippen MR) is 109 cm³/mol. The summed E-state index contributed by atoms with van der Waals surface area (Å²) in [6, 6.07) is 15.8. The molecule has 1 saturated heterocycles. The smallest absolute Gasteiger partial charge is 0.123 e. The van der Waals surface area contributed by atoms with Gasteiger partial charge in [0.2, 0.25) is 0 Å². The van der Waals surface area contributed by atoms with Crippen molar-refractivity contribution in [2.24, 2.45) is 0 Å². The van der Waals surface area contributed by atoms with Crippen LogP contribution in [0.5, 0.6) is 0 Å². The summed E-state index contributed by atoms with van der Waals surface area (Å²) >= 11 is 0. The van der Waals surface area contributed by atoms with Crippen molar-refractivity contribution in [3.8, 4) is 0 Å². The van der Waals surface area contributed by atoms with Crippen molar-refractivity contribution >= 4 is 0 Å². The van der Waals surface area contributed by atoms with Crippen LogP contribution in [0.1, 0.15) is 56.2 Å². The van der Waals surface area contributed by atoms with Gasteiger partial charge in [-0.15, -0.1) is 0 Å². The zero-order valence-corrected chi connectivity index (χ0v) is 16.9. The third kappa shape index (κ3) is 4.97. The highest BCUT2D eigenvalue weighted by molar-refractivity contribution is 5.30. The molecule has 2 aromatic rings. The molecule has 1 aliphatic rings. The van der Waals surface area contributed by atoms with Crippen LogP contribution in [-0.2, 0) is 16.7 Å². The van der Waals surface area contributed by atoms with Crippen molar-refractivity contribution < 1.29 is 9.13 Å². The number of halogens is 1. The van der Waals surface area contributed by atoms with Gasteiger partial charge in [0.05, 0.1) is 5.60 Å². The quantitative estimate of drug-likeness (QED) is 0.648. The highest BCUT2D eigenvalue weighted by Gasteiger charge is 2.43. The molecular formula is C24H32FNO. The van der Waals surface area contributed by atoms with Crippen molar-refractivity contribution in [1.29, 1.82) is 0 Å². The minimum absolute atomic E-state index is 0.0555. The Hall–Kier alpha value is -1.71. The highest BCUT2D eigenvalue weighted by atomic mass is 19.1. The van der Waals surface area contributed by atoms with Gasteiger partial charge in [0, 0.05) is 18.6 Å². The van der Waals surface area contributed by atoms with E-state index < -0.39 is 0 Å². The van der Waals surface area contributed by atoms with Crippen molar-refractivity contribution in [2.45, 2.75) is 64.0 Å². The van der Waals surface area contributed by atoms with Gasteiger partial charge in [-0.25, -0.2) is 4.39 Å². The molecule has 0 bridgehead atoms. The van der Waals surface area contributed by atoms with Crippen LogP contribution in [0, 0.1) is 12.7 Å². The standard InChI is InChI=1S/C24H32FNO/c1-4-23(3)18-24(14-16-27-23,21-9-5-19(2)6-10-21)13-15-26-17-20-7-11-22(25)12-8-20/h5-12,26H,4,13-18H2,1-3H3. The second-order valence-electron chi connectivity index (χ2n) is 8.28. The molecule has 3 heteroatoms. The van der Waals surface area contributed by atoms with Crippen LogP contribution in [0.25, 0.3) is 0 Å². The summed E-state index contributed by atoms with van der Waals surface area (Å²) in [4.78, 5) is 0. The monoisotopic (exact) mass is 369 g/mol. The van der Waals surface area contributed by atoms with Crippen LogP contribution in [0.4, 0.5) is 4.39 Å². The Balaban J connectivity index is 1.70. The fraction of sp³-hybridized carbons (Fsp3) is 0.500. The summed E-state index contributed by atoms with van der Waals surface area (Å²) in [6.45, 7) is 9.13. The van der Waals surface area contributed by atoms with E-state index in [9.17, 15) is 4.39 Å². The molecule has 2 unspecified atom stereocenters. The number of aryl methyl sites for hydroxylation is 1. The lowest BCUT2D eigenvalue weighted by molar-refractivity contribution is -0.0979. The van der Waals surface area contributed by atoms with Crippen LogP contribution in [0.2, 0.25) is 0 Å². The maximum absolute atomic E-state index is 13.1. The van der Waals surface area contributed by atoms with Gasteiger partial charge in [0.1, 0.15) is 5.82 Å². The molecule has 0 radical (unpaired) electrons. The zero-order valence-electron chi connectivity index (χ0n) is 16.9. The Kier molecular flexibility index (Phi) is 6.33. The summed E-state index contributed by atoms with van der Waals surface area (Å²) < 4.78 is 19.2. The van der Waals surface area contributed by atoms with Gasteiger partial charge in [-0.3, -0.25) is 0 Å². The molecule has 1 N–H and O–H groups in total. The molecular weight excluding hydrogens is 337 g/mol. The molecule has 1 fully saturated rings. The van der Waals surface area contributed by atoms with Gasteiger partial charge in [-0.2, -0.15) is 0 Å². The maximum atomic E-state index is 13.1. The lowest BCUT2D eigenvalue weighted by Gasteiger charge is -2.47. The molecule has 0 aliphatic carbocycles. The SMILES string of the molecule is CCC1(C)CC(CCNCc2ccc(F)cc2)(c2ccc(C)cc2)CCO1. The fourth-order valence-electron chi connectivity index (χ4n) is 4.25. The molecule has 3 rings (SSSR count). The van der Waals surface area contributed by atoms with Gasteiger partial charge in [0.15, 0.2) is 0 Å². The Morgan fingerprint density at radius 1 is 1.07 bits per heavy atom. The van der Waals surface area contributed by atoms with E-state index in [1.54, 1.807) is 0 Å². The summed E-state index contributed by atoms with van der Waals surface area (Å²) in [6.07, 6.45) is 4.22. The zero-order chi connectivity index (χ0) is 19.3. The van der Waals surface area contributed by atoms with Crippen LogP contribution >= 0.6 is 0 Å². The second kappa shape index (κ2) is 8.53. The third-order valence-electron chi connectivity index (χ3n) is 6.18. The third-order valence-corrected chi connectivity index (χ3v) is 6.18. The highest BCUT2D eigenvalue weighted by Crippen LogP contribution is 2.45. The normalized spacial score (nSPS) is 25.5. The minimum Gasteiger partial charge on any atom is -0.375 e. The fourth-order valence-corrected chi connectivity index (χ4v) is 4.25. The molecule has 27 heavy (non-hydrogen) atoms. The van der Waals surface area contributed by atoms with Crippen LogP contribution < -0.4 is 5.32 Å². The Morgan fingerprint density at radius 2 is 1.78 bits per heavy atom. The molecule has 0 amide bonds. The summed E-state index contributed by atoms with van der Waals surface area (Å²) in [5, 5.41) is 3.56. The lowest BCUT2D eigenvalue weighted by Crippen LogP contribution is -2.46. The van der Waals surface area contributed by atoms with Crippen LogP contribution in [0.15, 0.2) is 48.5 Å². The Bertz CT molecular complexity index is 727. The lowest BCUT2D eigenvalue weighted by atomic mass is 9.66. The minimum atomic E-state index is -0.182. The summed E-state index contributed by atoms with van der Waals surface area (Å²) in [5.41, 5.74) is 3.94.